The van der Waals surface area contributed by atoms with Gasteiger partial charge in [0.2, 0.25) is 5.95 Å². The number of hydrogen-bond acceptors (Lipinski definition) is 5. The molecule has 0 saturated heterocycles. The van der Waals surface area contributed by atoms with Crippen LogP contribution in [0.25, 0.3) is 5.65 Å². The molecule has 7 heteroatoms. The Bertz CT molecular complexity index is 1190. The summed E-state index contributed by atoms with van der Waals surface area (Å²) < 4.78 is 7.46. The van der Waals surface area contributed by atoms with Crippen LogP contribution in [0.2, 0.25) is 0 Å². The third-order valence-electron chi connectivity index (χ3n) is 4.17. The lowest BCUT2D eigenvalue weighted by Gasteiger charge is -2.09. The molecule has 28 heavy (non-hydrogen) atoms. The van der Waals surface area contributed by atoms with Crippen LogP contribution in [-0.4, -0.2) is 20.5 Å². The summed E-state index contributed by atoms with van der Waals surface area (Å²) in [5.41, 5.74) is 2.43. The van der Waals surface area contributed by atoms with Crippen LogP contribution in [-0.2, 0) is 6.61 Å². The number of rotatable bonds is 5. The van der Waals surface area contributed by atoms with Crippen LogP contribution < -0.4 is 10.1 Å². The number of aromatic nitrogens is 3. The Balaban J connectivity index is 1.49. The molecule has 2 aromatic heterocycles. The van der Waals surface area contributed by atoms with Crippen molar-refractivity contribution in [2.75, 3.05) is 5.32 Å². The SMILES string of the molecule is N#Cc1ccccc1COc1cccc(C(=O)Nc2nnc3ccccn23)c1. The number of ether oxygens (including phenoxy) is 1. The summed E-state index contributed by atoms with van der Waals surface area (Å²) in [6, 6.07) is 21.7. The van der Waals surface area contributed by atoms with Crippen molar-refractivity contribution in [1.29, 1.82) is 5.26 Å². The Morgan fingerprint density at radius 1 is 1.07 bits per heavy atom. The molecule has 7 nitrogen and oxygen atoms in total. The maximum Gasteiger partial charge on any atom is 0.258 e. The molecule has 4 aromatic rings. The van der Waals surface area contributed by atoms with Gasteiger partial charge in [-0.3, -0.25) is 14.5 Å². The number of pyridine rings is 1. The number of amides is 1. The van der Waals surface area contributed by atoms with Crippen LogP contribution in [0.5, 0.6) is 5.75 Å². The molecule has 2 heterocycles. The average molecular weight is 369 g/mol. The van der Waals surface area contributed by atoms with Gasteiger partial charge in [0.05, 0.1) is 11.6 Å². The second-order valence-electron chi connectivity index (χ2n) is 5.99. The Morgan fingerprint density at radius 3 is 2.82 bits per heavy atom. The molecule has 0 radical (unpaired) electrons. The summed E-state index contributed by atoms with van der Waals surface area (Å²) in [5.74, 6) is 0.558. The largest absolute Gasteiger partial charge is 0.489 e. The van der Waals surface area contributed by atoms with Crippen LogP contribution in [0.1, 0.15) is 21.5 Å². The van der Waals surface area contributed by atoms with Gasteiger partial charge < -0.3 is 4.74 Å². The summed E-state index contributed by atoms with van der Waals surface area (Å²) in [5, 5.41) is 19.9. The summed E-state index contributed by atoms with van der Waals surface area (Å²) in [6.45, 7) is 0.240. The van der Waals surface area contributed by atoms with Gasteiger partial charge in [0.1, 0.15) is 12.4 Å². The standard InChI is InChI=1S/C21H15N5O2/c22-13-16-6-1-2-7-17(16)14-28-18-9-5-8-15(12-18)20(27)23-21-25-24-19-10-3-4-11-26(19)21/h1-12H,14H2,(H,23,25,27). The minimum atomic E-state index is -0.318. The van der Waals surface area contributed by atoms with Crippen LogP contribution >= 0.6 is 0 Å². The zero-order valence-corrected chi connectivity index (χ0v) is 14.7. The average Bonchev–Trinajstić information content (AvgIpc) is 3.15. The van der Waals surface area contributed by atoms with Crippen LogP contribution in [0.4, 0.5) is 5.95 Å². The van der Waals surface area contributed by atoms with E-state index >= 15 is 0 Å². The number of nitrogens with zero attached hydrogens (tertiary/aromatic N) is 4. The van der Waals surface area contributed by atoms with Gasteiger partial charge in [-0.2, -0.15) is 5.26 Å². The molecule has 1 N–H and O–H groups in total. The highest BCUT2D eigenvalue weighted by molar-refractivity contribution is 6.03. The Labute approximate surface area is 160 Å². The van der Waals surface area contributed by atoms with E-state index in [0.717, 1.165) is 5.56 Å². The summed E-state index contributed by atoms with van der Waals surface area (Å²) in [7, 11) is 0. The molecule has 2 aromatic carbocycles. The van der Waals surface area contributed by atoms with E-state index in [1.807, 2.05) is 24.3 Å². The van der Waals surface area contributed by atoms with Crippen molar-refractivity contribution >= 4 is 17.5 Å². The Kier molecular flexibility index (Phi) is 4.68. The molecule has 0 atom stereocenters. The number of nitrogens with one attached hydrogen (secondary N) is 1. The van der Waals surface area contributed by atoms with E-state index in [-0.39, 0.29) is 12.5 Å². The van der Waals surface area contributed by atoms with E-state index in [2.05, 4.69) is 21.6 Å². The number of benzene rings is 2. The fourth-order valence-electron chi connectivity index (χ4n) is 2.74. The first-order valence-corrected chi connectivity index (χ1v) is 8.56. The normalized spacial score (nSPS) is 10.4. The van der Waals surface area contributed by atoms with E-state index in [9.17, 15) is 4.79 Å². The zero-order chi connectivity index (χ0) is 19.3. The smallest absolute Gasteiger partial charge is 0.258 e. The predicted octanol–water partition coefficient (Wildman–Crippen LogP) is 3.43. The zero-order valence-electron chi connectivity index (χ0n) is 14.7. The molecule has 0 unspecified atom stereocenters. The highest BCUT2D eigenvalue weighted by atomic mass is 16.5. The van der Waals surface area contributed by atoms with Gasteiger partial charge in [-0.25, -0.2) is 0 Å². The lowest BCUT2D eigenvalue weighted by Crippen LogP contribution is -2.14. The predicted molar refractivity (Wildman–Crippen MR) is 103 cm³/mol. The van der Waals surface area contributed by atoms with Gasteiger partial charge in [-0.1, -0.05) is 30.3 Å². The van der Waals surface area contributed by atoms with E-state index in [4.69, 9.17) is 10.00 Å². The van der Waals surface area contributed by atoms with Crippen LogP contribution in [0, 0.1) is 11.3 Å². The Morgan fingerprint density at radius 2 is 1.93 bits per heavy atom. The second kappa shape index (κ2) is 7.60. The van der Waals surface area contributed by atoms with Crippen molar-refractivity contribution in [1.82, 2.24) is 14.6 Å². The van der Waals surface area contributed by atoms with E-state index in [1.54, 1.807) is 53.1 Å². The minimum Gasteiger partial charge on any atom is -0.489 e. The lowest BCUT2D eigenvalue weighted by molar-refractivity contribution is 0.102. The number of carbonyl (C=O) groups excluding carboxylic acids is 1. The third kappa shape index (κ3) is 3.52. The molecular formula is C21H15N5O2. The van der Waals surface area contributed by atoms with Gasteiger partial charge in [0.15, 0.2) is 5.65 Å². The highest BCUT2D eigenvalue weighted by Crippen LogP contribution is 2.18. The fourth-order valence-corrected chi connectivity index (χ4v) is 2.74. The lowest BCUT2D eigenvalue weighted by atomic mass is 10.1. The van der Waals surface area contributed by atoms with E-state index in [0.29, 0.717) is 28.5 Å². The van der Waals surface area contributed by atoms with Crippen LogP contribution in [0.3, 0.4) is 0 Å². The first kappa shape index (κ1) is 17.2. The maximum atomic E-state index is 12.6. The summed E-state index contributed by atoms with van der Waals surface area (Å²) in [4.78, 5) is 12.6. The Hall–Kier alpha value is -4.18. The topological polar surface area (TPSA) is 92.3 Å². The summed E-state index contributed by atoms with van der Waals surface area (Å²) in [6.07, 6.45) is 1.77. The molecule has 136 valence electrons. The minimum absolute atomic E-state index is 0.240. The van der Waals surface area contributed by atoms with E-state index in [1.165, 1.54) is 0 Å². The van der Waals surface area contributed by atoms with Crippen molar-refractivity contribution in [2.24, 2.45) is 0 Å². The van der Waals surface area contributed by atoms with Gasteiger partial charge in [0.25, 0.3) is 5.91 Å². The second-order valence-corrected chi connectivity index (χ2v) is 5.99. The van der Waals surface area contributed by atoms with E-state index < -0.39 is 0 Å². The monoisotopic (exact) mass is 369 g/mol. The molecule has 0 spiro atoms. The fraction of sp³-hybridized carbons (Fsp3) is 0.0476. The van der Waals surface area contributed by atoms with Crippen molar-refractivity contribution in [3.63, 3.8) is 0 Å². The first-order valence-electron chi connectivity index (χ1n) is 8.56. The third-order valence-corrected chi connectivity index (χ3v) is 4.17. The van der Waals surface area contributed by atoms with Gasteiger partial charge in [-0.15, -0.1) is 10.2 Å². The quantitative estimate of drug-likeness (QED) is 0.582. The number of fused-ring (bicyclic) bond motifs is 1. The van der Waals surface area contributed by atoms with Crippen molar-refractivity contribution in [3.8, 4) is 11.8 Å². The molecule has 0 saturated carbocycles. The van der Waals surface area contributed by atoms with Crippen LogP contribution in [0.15, 0.2) is 72.9 Å². The number of carbonyl (C=O) groups is 1. The number of nitriles is 1. The molecule has 0 aliphatic carbocycles. The molecule has 4 rings (SSSR count). The van der Waals surface area contributed by atoms with Crippen molar-refractivity contribution in [2.45, 2.75) is 6.61 Å². The molecule has 0 aliphatic rings. The molecular weight excluding hydrogens is 354 g/mol. The maximum absolute atomic E-state index is 12.6. The van der Waals surface area contributed by atoms with Crippen molar-refractivity contribution in [3.05, 3.63) is 89.6 Å². The molecule has 0 fully saturated rings. The summed E-state index contributed by atoms with van der Waals surface area (Å²) >= 11 is 0. The molecule has 1 amide bonds. The van der Waals surface area contributed by atoms with Gasteiger partial charge in [-0.05, 0) is 36.4 Å². The number of hydrogen-bond donors (Lipinski definition) is 1. The molecule has 0 bridgehead atoms. The van der Waals surface area contributed by atoms with Crippen molar-refractivity contribution < 1.29 is 9.53 Å². The number of anilines is 1. The highest BCUT2D eigenvalue weighted by Gasteiger charge is 2.12. The first-order chi connectivity index (χ1) is 13.7. The van der Waals surface area contributed by atoms with Gasteiger partial charge in [0, 0.05) is 17.3 Å². The molecule has 0 aliphatic heterocycles. The van der Waals surface area contributed by atoms with Gasteiger partial charge >= 0.3 is 0 Å².